The van der Waals surface area contributed by atoms with Crippen molar-refractivity contribution in [2.75, 3.05) is 7.11 Å². The molecule has 0 saturated heterocycles. The summed E-state index contributed by atoms with van der Waals surface area (Å²) in [5, 5.41) is 0. The molecule has 0 aliphatic heterocycles. The van der Waals surface area contributed by atoms with Gasteiger partial charge < -0.3 is 15.2 Å². The van der Waals surface area contributed by atoms with Crippen molar-refractivity contribution in [3.05, 3.63) is 39.2 Å². The quantitative estimate of drug-likeness (QED) is 0.767. The average molecular weight is 419 g/mol. The fraction of sp³-hybridized carbons (Fsp3) is 0.0833. The Morgan fingerprint density at radius 2 is 1.80 bits per heavy atom. The number of benzene rings is 1. The average Bonchev–Trinajstić information content (AvgIpc) is 2.43. The molecule has 2 aromatic rings. The number of nitrogens with zero attached hydrogens (tertiary/aromatic N) is 2. The molecule has 20 heavy (non-hydrogen) atoms. The Bertz CT molecular complexity index is 650. The van der Waals surface area contributed by atoms with Crippen molar-refractivity contribution in [2.24, 2.45) is 5.73 Å². The van der Waals surface area contributed by atoms with Gasteiger partial charge in [0.25, 0.3) is 0 Å². The lowest BCUT2D eigenvalue weighted by atomic mass is 10.3. The summed E-state index contributed by atoms with van der Waals surface area (Å²) in [6.07, 6.45) is 2.92. The van der Waals surface area contributed by atoms with E-state index in [2.05, 4.69) is 41.8 Å². The van der Waals surface area contributed by atoms with Gasteiger partial charge in [-0.25, -0.2) is 9.97 Å². The van der Waals surface area contributed by atoms with Crippen LogP contribution in [-0.2, 0) is 0 Å². The number of halogens is 2. The molecule has 0 unspecified atom stereocenters. The second-order valence-corrected chi connectivity index (χ2v) is 5.77. The van der Waals surface area contributed by atoms with Gasteiger partial charge in [-0.3, -0.25) is 0 Å². The van der Waals surface area contributed by atoms with Gasteiger partial charge in [-0.15, -0.1) is 0 Å². The molecular weight excluding hydrogens is 410 g/mol. The van der Waals surface area contributed by atoms with E-state index in [1.807, 2.05) is 0 Å². The van der Waals surface area contributed by atoms with Crippen LogP contribution in [0.2, 0.25) is 0 Å². The van der Waals surface area contributed by atoms with Crippen molar-refractivity contribution >= 4 is 49.1 Å². The maximum absolute atomic E-state index is 5.63. The van der Waals surface area contributed by atoms with E-state index < -0.39 is 0 Å². The molecule has 0 radical (unpaired) electrons. The molecule has 104 valence electrons. The second-order valence-electron chi connectivity index (χ2n) is 3.62. The van der Waals surface area contributed by atoms with Crippen LogP contribution >= 0.6 is 44.1 Å². The molecule has 0 aliphatic rings. The van der Waals surface area contributed by atoms with Gasteiger partial charge in [0.1, 0.15) is 22.2 Å². The zero-order valence-electron chi connectivity index (χ0n) is 10.3. The van der Waals surface area contributed by atoms with E-state index in [4.69, 9.17) is 27.4 Å². The molecule has 2 N–H and O–H groups in total. The summed E-state index contributed by atoms with van der Waals surface area (Å²) in [6, 6.07) is 3.56. The zero-order valence-corrected chi connectivity index (χ0v) is 14.3. The second kappa shape index (κ2) is 6.47. The van der Waals surface area contributed by atoms with Gasteiger partial charge in [-0.2, -0.15) is 0 Å². The lowest BCUT2D eigenvalue weighted by molar-refractivity contribution is 0.408. The lowest BCUT2D eigenvalue weighted by Gasteiger charge is -2.10. The molecule has 1 aromatic carbocycles. The molecule has 0 fully saturated rings. The minimum atomic E-state index is 0.192. The predicted molar refractivity (Wildman–Crippen MR) is 86.4 cm³/mol. The number of rotatable bonds is 4. The molecule has 5 nitrogen and oxygen atoms in total. The van der Waals surface area contributed by atoms with Crippen molar-refractivity contribution in [1.29, 1.82) is 0 Å². The molecule has 0 atom stereocenters. The van der Waals surface area contributed by atoms with E-state index in [1.54, 1.807) is 19.2 Å². The van der Waals surface area contributed by atoms with Crippen LogP contribution in [0.15, 0.2) is 33.5 Å². The highest BCUT2D eigenvalue weighted by molar-refractivity contribution is 9.11. The highest BCUT2D eigenvalue weighted by Gasteiger charge is 2.10. The molecule has 0 amide bonds. The number of ether oxygens (including phenoxy) is 2. The van der Waals surface area contributed by atoms with Crippen LogP contribution in [0.1, 0.15) is 5.69 Å². The molecule has 0 saturated carbocycles. The Hall–Kier alpha value is -1.25. The minimum absolute atomic E-state index is 0.192. The zero-order chi connectivity index (χ0) is 14.7. The van der Waals surface area contributed by atoms with Crippen molar-refractivity contribution in [3.63, 3.8) is 0 Å². The third kappa shape index (κ3) is 3.44. The summed E-state index contributed by atoms with van der Waals surface area (Å²) in [5.74, 6) is 1.61. The number of nitrogens with two attached hydrogens (primary N) is 1. The van der Waals surface area contributed by atoms with Crippen molar-refractivity contribution in [3.8, 4) is 17.4 Å². The fourth-order valence-corrected chi connectivity index (χ4v) is 2.35. The Balaban J connectivity index is 2.25. The van der Waals surface area contributed by atoms with E-state index in [-0.39, 0.29) is 4.99 Å². The first-order valence-corrected chi connectivity index (χ1v) is 7.33. The third-order valence-electron chi connectivity index (χ3n) is 2.30. The first kappa shape index (κ1) is 15.1. The summed E-state index contributed by atoms with van der Waals surface area (Å²) in [6.45, 7) is 0. The standard InChI is InChI=1S/C12H9Br2N3O2S/c1-18-9-2-7(14)10(3-6(9)13)19-11-5-16-8(4-17-11)12(15)20/h2-5H,1H3,(H2,15,20). The van der Waals surface area contributed by atoms with Crippen LogP contribution in [0.25, 0.3) is 0 Å². The SMILES string of the molecule is COc1cc(Br)c(Oc2cnc(C(N)=S)cn2)cc1Br. The van der Waals surface area contributed by atoms with E-state index in [1.165, 1.54) is 12.4 Å². The van der Waals surface area contributed by atoms with Gasteiger partial charge >= 0.3 is 0 Å². The third-order valence-corrected chi connectivity index (χ3v) is 3.75. The van der Waals surface area contributed by atoms with Crippen LogP contribution in [0.4, 0.5) is 0 Å². The largest absolute Gasteiger partial charge is 0.496 e. The van der Waals surface area contributed by atoms with Gasteiger partial charge in [-0.1, -0.05) is 12.2 Å². The Labute approximate surface area is 137 Å². The minimum Gasteiger partial charge on any atom is -0.496 e. The number of hydrogen-bond donors (Lipinski definition) is 1. The van der Waals surface area contributed by atoms with E-state index >= 15 is 0 Å². The van der Waals surface area contributed by atoms with Gasteiger partial charge in [0.15, 0.2) is 0 Å². The maximum atomic E-state index is 5.63. The fourth-order valence-electron chi connectivity index (χ4n) is 1.35. The molecule has 2 rings (SSSR count). The first-order chi connectivity index (χ1) is 9.51. The van der Waals surface area contributed by atoms with Crippen LogP contribution in [0.5, 0.6) is 17.4 Å². The molecule has 0 aliphatic carbocycles. The summed E-state index contributed by atoms with van der Waals surface area (Å²) >= 11 is 11.6. The van der Waals surface area contributed by atoms with Crippen molar-refractivity contribution in [1.82, 2.24) is 9.97 Å². The maximum Gasteiger partial charge on any atom is 0.237 e. The molecule has 0 spiro atoms. The van der Waals surface area contributed by atoms with Crippen LogP contribution in [0, 0.1) is 0 Å². The summed E-state index contributed by atoms with van der Waals surface area (Å²) < 4.78 is 12.3. The summed E-state index contributed by atoms with van der Waals surface area (Å²) in [7, 11) is 1.59. The normalized spacial score (nSPS) is 10.2. The van der Waals surface area contributed by atoms with Crippen LogP contribution < -0.4 is 15.2 Å². The van der Waals surface area contributed by atoms with Crippen LogP contribution in [0.3, 0.4) is 0 Å². The van der Waals surface area contributed by atoms with E-state index in [9.17, 15) is 0 Å². The molecule has 1 aromatic heterocycles. The van der Waals surface area contributed by atoms with Gasteiger partial charge in [0, 0.05) is 0 Å². The number of thiocarbonyl (C=S) groups is 1. The summed E-state index contributed by atoms with van der Waals surface area (Å²) in [4.78, 5) is 8.34. The topological polar surface area (TPSA) is 70.3 Å². The van der Waals surface area contributed by atoms with Crippen molar-refractivity contribution < 1.29 is 9.47 Å². The lowest BCUT2D eigenvalue weighted by Crippen LogP contribution is -2.11. The predicted octanol–water partition coefficient (Wildman–Crippen LogP) is 3.44. The van der Waals surface area contributed by atoms with E-state index in [0.717, 1.165) is 8.95 Å². The molecule has 1 heterocycles. The number of aromatic nitrogens is 2. The Morgan fingerprint density at radius 3 is 2.35 bits per heavy atom. The summed E-state index contributed by atoms with van der Waals surface area (Å²) in [5.41, 5.74) is 5.90. The number of hydrogen-bond acceptors (Lipinski definition) is 5. The Kier molecular flexibility index (Phi) is 4.90. The first-order valence-electron chi connectivity index (χ1n) is 5.34. The molecule has 8 heteroatoms. The highest BCUT2D eigenvalue weighted by atomic mass is 79.9. The smallest absolute Gasteiger partial charge is 0.237 e. The van der Waals surface area contributed by atoms with E-state index in [0.29, 0.717) is 23.1 Å². The molecular formula is C12H9Br2N3O2S. The van der Waals surface area contributed by atoms with Crippen LogP contribution in [-0.4, -0.2) is 22.1 Å². The van der Waals surface area contributed by atoms with Crippen molar-refractivity contribution in [2.45, 2.75) is 0 Å². The number of methoxy groups -OCH3 is 1. The Morgan fingerprint density at radius 1 is 1.15 bits per heavy atom. The van der Waals surface area contributed by atoms with Gasteiger partial charge in [-0.05, 0) is 44.0 Å². The van der Waals surface area contributed by atoms with Gasteiger partial charge in [0.2, 0.25) is 5.88 Å². The van der Waals surface area contributed by atoms with Gasteiger partial charge in [0.05, 0.1) is 28.4 Å². The highest BCUT2D eigenvalue weighted by Crippen LogP contribution is 2.37. The monoisotopic (exact) mass is 417 g/mol. The molecule has 0 bridgehead atoms.